The summed E-state index contributed by atoms with van der Waals surface area (Å²) in [6, 6.07) is 0. The van der Waals surface area contributed by atoms with Gasteiger partial charge >= 0.3 is 0 Å². The predicted molar refractivity (Wildman–Crippen MR) is 125 cm³/mol. The molecular formula is C16H37O12P4. The molecule has 0 rings (SSSR count). The van der Waals surface area contributed by atoms with Crippen LogP contribution in [-0.2, 0) is 46.1 Å². The van der Waals surface area contributed by atoms with Crippen LogP contribution in [0, 0.1) is 0 Å². The van der Waals surface area contributed by atoms with Crippen molar-refractivity contribution in [2.45, 2.75) is 0 Å². The van der Waals surface area contributed by atoms with Crippen LogP contribution in [0.15, 0.2) is 0 Å². The largest absolute Gasteiger partial charge is 0.394 e. The van der Waals surface area contributed by atoms with E-state index in [1.807, 2.05) is 0 Å². The third-order valence-electron chi connectivity index (χ3n) is 2.80. The molecule has 0 aromatic rings. The standard InChI is InChI=1S/C16H37O12P3.P/c17-1-3-19-5-11-23-29-25-13-7-21-9-15-27-31-28-16-10-22-8-14-26-30-24-12-6-20-4-2-18;/h17-18,29-31H,1-16H2;. The Morgan fingerprint density at radius 2 is 0.562 bits per heavy atom. The Kier molecular flexibility index (Phi) is 38.1. The smallest absolute Gasteiger partial charge is 0.155 e. The topological polar surface area (TPSA) is 133 Å². The molecule has 0 saturated carbocycles. The second-order valence-electron chi connectivity index (χ2n) is 5.24. The van der Waals surface area contributed by atoms with E-state index in [1.165, 1.54) is 0 Å². The normalized spacial score (nSPS) is 12.2. The number of hydrogen-bond donors (Lipinski definition) is 2. The van der Waals surface area contributed by atoms with Gasteiger partial charge in [-0.1, -0.05) is 0 Å². The van der Waals surface area contributed by atoms with Crippen LogP contribution in [0.25, 0.3) is 0 Å². The first-order chi connectivity index (χ1) is 15.4. The van der Waals surface area contributed by atoms with E-state index >= 15 is 0 Å². The molecule has 0 aliphatic carbocycles. The molecule has 0 fully saturated rings. The lowest BCUT2D eigenvalue weighted by atomic mass is 10.7. The molecule has 0 spiro atoms. The fourth-order valence-electron chi connectivity index (χ4n) is 1.52. The Labute approximate surface area is 199 Å². The average Bonchev–Trinajstić information content (AvgIpc) is 2.78. The minimum Gasteiger partial charge on any atom is -0.394 e. The highest BCUT2D eigenvalue weighted by Gasteiger charge is 1.95. The van der Waals surface area contributed by atoms with Crippen LogP contribution in [-0.4, -0.2) is 116 Å². The zero-order valence-corrected chi connectivity index (χ0v) is 22.1. The maximum Gasteiger partial charge on any atom is 0.155 e. The van der Waals surface area contributed by atoms with E-state index in [9.17, 15) is 0 Å². The van der Waals surface area contributed by atoms with Gasteiger partial charge in [0, 0.05) is 9.90 Å². The first kappa shape index (κ1) is 35.4. The van der Waals surface area contributed by atoms with Crippen LogP contribution >= 0.6 is 37.0 Å². The third kappa shape index (κ3) is 33.4. The quantitative estimate of drug-likeness (QED) is 0.109. The summed E-state index contributed by atoms with van der Waals surface area (Å²) in [7, 11) is -0.169. The number of hydrogen-bond acceptors (Lipinski definition) is 12. The summed E-state index contributed by atoms with van der Waals surface area (Å²) in [6.07, 6.45) is 0. The highest BCUT2D eigenvalue weighted by molar-refractivity contribution is 7.26. The summed E-state index contributed by atoms with van der Waals surface area (Å²) in [5, 5.41) is 17.0. The van der Waals surface area contributed by atoms with Gasteiger partial charge in [-0.25, -0.2) is 0 Å². The van der Waals surface area contributed by atoms with E-state index in [2.05, 4.69) is 0 Å². The maximum absolute atomic E-state index is 8.52. The van der Waals surface area contributed by atoms with Crippen molar-refractivity contribution in [3.8, 4) is 0 Å². The summed E-state index contributed by atoms with van der Waals surface area (Å²) < 4.78 is 52.2. The van der Waals surface area contributed by atoms with Crippen molar-refractivity contribution >= 4 is 37.0 Å². The first-order valence-corrected chi connectivity index (χ1v) is 12.3. The fourth-order valence-corrected chi connectivity index (χ4v) is 2.77. The molecule has 16 heteroatoms. The molecule has 32 heavy (non-hydrogen) atoms. The van der Waals surface area contributed by atoms with E-state index in [4.69, 9.17) is 56.3 Å². The maximum atomic E-state index is 8.52. The van der Waals surface area contributed by atoms with E-state index in [-0.39, 0.29) is 50.2 Å². The van der Waals surface area contributed by atoms with Gasteiger partial charge in [-0.05, 0) is 0 Å². The van der Waals surface area contributed by atoms with Crippen molar-refractivity contribution in [1.29, 1.82) is 0 Å². The predicted octanol–water partition coefficient (Wildman–Crippen LogP) is 1.52. The highest BCUT2D eigenvalue weighted by atomic mass is 31.1. The lowest BCUT2D eigenvalue weighted by Gasteiger charge is -2.08. The molecule has 2 atom stereocenters. The molecule has 3 radical (unpaired) electrons. The lowest BCUT2D eigenvalue weighted by molar-refractivity contribution is 0.0599. The zero-order valence-electron chi connectivity index (χ0n) is 18.2. The Hall–Kier alpha value is 1.24. The van der Waals surface area contributed by atoms with Gasteiger partial charge in [0.05, 0.1) is 106 Å². The SMILES string of the molecule is OCCOCCOPOCCOCCOPOCCOCCOPOCCOCCO.[P]. The summed E-state index contributed by atoms with van der Waals surface area (Å²) in [4.78, 5) is 0. The molecular weight excluding hydrogens is 508 g/mol. The van der Waals surface area contributed by atoms with Gasteiger partial charge in [0.25, 0.3) is 0 Å². The monoisotopic (exact) mass is 545 g/mol. The van der Waals surface area contributed by atoms with Gasteiger partial charge in [0.1, 0.15) is 0 Å². The van der Waals surface area contributed by atoms with Crippen LogP contribution < -0.4 is 0 Å². The second kappa shape index (κ2) is 34.4. The van der Waals surface area contributed by atoms with E-state index < -0.39 is 0 Å². The molecule has 0 aliphatic heterocycles. The minimum atomic E-state index is -0.0595. The van der Waals surface area contributed by atoms with Crippen LogP contribution in [0.5, 0.6) is 0 Å². The summed E-state index contributed by atoms with van der Waals surface area (Å²) in [5.41, 5.74) is 0. The Morgan fingerprint density at radius 1 is 0.344 bits per heavy atom. The van der Waals surface area contributed by atoms with E-state index in [1.54, 1.807) is 0 Å². The van der Waals surface area contributed by atoms with E-state index in [0.29, 0.717) is 92.5 Å². The third-order valence-corrected chi connectivity index (χ3v) is 4.74. The minimum absolute atomic E-state index is 0. The van der Waals surface area contributed by atoms with Gasteiger partial charge in [-0.2, -0.15) is 0 Å². The molecule has 0 aromatic carbocycles. The van der Waals surface area contributed by atoms with Crippen molar-refractivity contribution in [2.75, 3.05) is 106 Å². The first-order valence-electron chi connectivity index (χ1n) is 9.90. The Balaban J connectivity index is 0. The molecule has 2 N–H and O–H groups in total. The summed E-state index contributed by atoms with van der Waals surface area (Å²) in [6.45, 7) is 6.04. The van der Waals surface area contributed by atoms with Crippen molar-refractivity contribution < 1.29 is 56.3 Å². The van der Waals surface area contributed by atoms with Crippen LogP contribution in [0.4, 0.5) is 0 Å². The lowest BCUT2D eigenvalue weighted by Crippen LogP contribution is -2.07. The molecule has 0 aliphatic rings. The van der Waals surface area contributed by atoms with Crippen molar-refractivity contribution in [2.24, 2.45) is 0 Å². The number of rotatable bonds is 28. The molecule has 12 nitrogen and oxygen atoms in total. The number of aliphatic hydroxyl groups is 2. The highest BCUT2D eigenvalue weighted by Crippen LogP contribution is 2.14. The second-order valence-corrected chi connectivity index (χ2v) is 7.47. The average molecular weight is 545 g/mol. The molecule has 2 unspecified atom stereocenters. The van der Waals surface area contributed by atoms with Crippen LogP contribution in [0.3, 0.4) is 0 Å². The van der Waals surface area contributed by atoms with Crippen LogP contribution in [0.2, 0.25) is 0 Å². The molecule has 0 heterocycles. The molecule has 0 saturated heterocycles. The van der Waals surface area contributed by atoms with Gasteiger partial charge in [-0.15, -0.1) is 0 Å². The van der Waals surface area contributed by atoms with Crippen LogP contribution in [0.1, 0.15) is 0 Å². The molecule has 0 bridgehead atoms. The number of aliphatic hydroxyl groups excluding tert-OH is 2. The molecule has 0 amide bonds. The summed E-state index contributed by atoms with van der Waals surface area (Å²) >= 11 is 0. The molecule has 0 aromatic heterocycles. The van der Waals surface area contributed by atoms with Crippen molar-refractivity contribution in [3.63, 3.8) is 0 Å². The van der Waals surface area contributed by atoms with E-state index in [0.717, 1.165) is 0 Å². The summed E-state index contributed by atoms with van der Waals surface area (Å²) in [5.74, 6) is 0. The van der Waals surface area contributed by atoms with Gasteiger partial charge in [0.2, 0.25) is 0 Å². The molecule has 193 valence electrons. The Bertz CT molecular complexity index is 299. The fraction of sp³-hybridized carbons (Fsp3) is 1.00. The number of ether oxygens (including phenoxy) is 4. The zero-order chi connectivity index (χ0) is 22.5. The van der Waals surface area contributed by atoms with Gasteiger partial charge < -0.3 is 56.3 Å². The van der Waals surface area contributed by atoms with Crippen molar-refractivity contribution in [3.05, 3.63) is 0 Å². The van der Waals surface area contributed by atoms with Gasteiger partial charge in [-0.3, -0.25) is 0 Å². The Morgan fingerprint density at radius 3 is 0.781 bits per heavy atom. The van der Waals surface area contributed by atoms with Gasteiger partial charge in [0.15, 0.2) is 27.1 Å². The van der Waals surface area contributed by atoms with Crippen molar-refractivity contribution in [1.82, 2.24) is 0 Å².